The first kappa shape index (κ1) is 16.9. The summed E-state index contributed by atoms with van der Waals surface area (Å²) >= 11 is 0. The number of para-hydroxylation sites is 1. The summed E-state index contributed by atoms with van der Waals surface area (Å²) in [6.45, 7) is 0. The molecule has 3 aromatic rings. The van der Waals surface area contributed by atoms with Crippen LogP contribution in [-0.4, -0.2) is 16.0 Å². The molecule has 0 atom stereocenters. The molecular formula is C19H14FN5O. The van der Waals surface area contributed by atoms with Gasteiger partial charge in [0.25, 0.3) is 0 Å². The summed E-state index contributed by atoms with van der Waals surface area (Å²) < 4.78 is 14.1. The van der Waals surface area contributed by atoms with Gasteiger partial charge in [-0.25, -0.2) is 19.2 Å². The van der Waals surface area contributed by atoms with Crippen LogP contribution < -0.4 is 16.4 Å². The highest BCUT2D eigenvalue weighted by molar-refractivity contribution is 5.98. The summed E-state index contributed by atoms with van der Waals surface area (Å²) in [6.07, 6.45) is 3.02. The fourth-order valence-corrected chi connectivity index (χ4v) is 2.29. The Kier molecular flexibility index (Phi) is 4.76. The van der Waals surface area contributed by atoms with Gasteiger partial charge < -0.3 is 11.5 Å². The number of aromatic nitrogens is 2. The van der Waals surface area contributed by atoms with Gasteiger partial charge >= 0.3 is 6.03 Å². The number of carbonyl (C=O) groups is 1. The van der Waals surface area contributed by atoms with Crippen molar-refractivity contribution in [1.29, 1.82) is 0 Å². The molecule has 0 aliphatic carbocycles. The van der Waals surface area contributed by atoms with Crippen LogP contribution >= 0.6 is 0 Å². The summed E-state index contributed by atoms with van der Waals surface area (Å²) in [5.41, 5.74) is 12.6. The second-order valence-corrected chi connectivity index (χ2v) is 5.26. The maximum atomic E-state index is 14.1. The van der Waals surface area contributed by atoms with Crippen LogP contribution in [0.2, 0.25) is 0 Å². The number of urea groups is 1. The molecule has 0 saturated carbocycles. The van der Waals surface area contributed by atoms with Crippen LogP contribution in [0.4, 0.5) is 26.5 Å². The van der Waals surface area contributed by atoms with Crippen LogP contribution in [0.3, 0.4) is 0 Å². The zero-order valence-corrected chi connectivity index (χ0v) is 13.6. The van der Waals surface area contributed by atoms with E-state index in [2.05, 4.69) is 21.8 Å². The first-order valence-corrected chi connectivity index (χ1v) is 7.58. The molecule has 0 unspecified atom stereocenters. The van der Waals surface area contributed by atoms with Crippen molar-refractivity contribution in [3.63, 3.8) is 0 Å². The van der Waals surface area contributed by atoms with Crippen LogP contribution in [-0.2, 0) is 0 Å². The fraction of sp³-hybridized carbons (Fsp3) is 0. The number of benzene rings is 2. The minimum absolute atomic E-state index is 0.0667. The number of halogens is 1. The molecule has 2 amide bonds. The lowest BCUT2D eigenvalue weighted by Crippen LogP contribution is -2.32. The van der Waals surface area contributed by atoms with Crippen molar-refractivity contribution >= 4 is 23.4 Å². The number of anilines is 3. The van der Waals surface area contributed by atoms with Gasteiger partial charge in [-0.2, -0.15) is 0 Å². The number of hydrogen-bond acceptors (Lipinski definition) is 4. The molecule has 1 aromatic heterocycles. The summed E-state index contributed by atoms with van der Waals surface area (Å²) in [6, 6.07) is 11.8. The summed E-state index contributed by atoms with van der Waals surface area (Å²) in [7, 11) is 0. The third-order valence-corrected chi connectivity index (χ3v) is 3.44. The monoisotopic (exact) mass is 347 g/mol. The maximum absolute atomic E-state index is 14.1. The number of nitrogen functional groups attached to an aromatic ring is 1. The number of nitrogens with zero attached hydrogens (tertiary/aromatic N) is 3. The lowest BCUT2D eigenvalue weighted by molar-refractivity contribution is 0.256. The number of amides is 2. The Balaban J connectivity index is 1.96. The van der Waals surface area contributed by atoms with E-state index in [1.54, 1.807) is 30.3 Å². The SMILES string of the molecule is NC(=O)N(c1cccc(C#Cc2cnc(N)nc2)c1)c1ccccc1F. The average molecular weight is 347 g/mol. The van der Waals surface area contributed by atoms with E-state index in [0.717, 1.165) is 4.90 Å². The van der Waals surface area contributed by atoms with Crippen molar-refractivity contribution in [3.8, 4) is 11.8 Å². The standard InChI is InChI=1S/C19H14FN5O/c20-16-6-1-2-7-17(16)25(19(22)26)15-5-3-4-13(10-15)8-9-14-11-23-18(21)24-12-14/h1-7,10-12H,(H2,22,26)(H2,21,23,24). The van der Waals surface area contributed by atoms with Gasteiger partial charge in [0.15, 0.2) is 0 Å². The minimum Gasteiger partial charge on any atom is -0.368 e. The third-order valence-electron chi connectivity index (χ3n) is 3.44. The molecule has 0 aliphatic rings. The van der Waals surface area contributed by atoms with Crippen molar-refractivity contribution in [2.45, 2.75) is 0 Å². The lowest BCUT2D eigenvalue weighted by Gasteiger charge is -2.21. The summed E-state index contributed by atoms with van der Waals surface area (Å²) in [5, 5.41) is 0. The van der Waals surface area contributed by atoms with Crippen LogP contribution in [0.1, 0.15) is 11.1 Å². The molecule has 0 bridgehead atoms. The number of carbonyl (C=O) groups excluding carboxylic acids is 1. The second-order valence-electron chi connectivity index (χ2n) is 5.26. The quantitative estimate of drug-likeness (QED) is 0.697. The molecular weight excluding hydrogens is 333 g/mol. The van der Waals surface area contributed by atoms with Gasteiger partial charge in [0, 0.05) is 18.0 Å². The smallest absolute Gasteiger partial charge is 0.323 e. The van der Waals surface area contributed by atoms with E-state index >= 15 is 0 Å². The van der Waals surface area contributed by atoms with E-state index < -0.39 is 11.8 Å². The molecule has 26 heavy (non-hydrogen) atoms. The maximum Gasteiger partial charge on any atom is 0.323 e. The van der Waals surface area contributed by atoms with Gasteiger partial charge in [0.2, 0.25) is 5.95 Å². The first-order valence-electron chi connectivity index (χ1n) is 7.58. The molecule has 0 fully saturated rings. The number of rotatable bonds is 2. The van der Waals surface area contributed by atoms with Crippen molar-refractivity contribution in [3.05, 3.63) is 77.9 Å². The molecule has 3 rings (SSSR count). The normalized spacial score (nSPS) is 9.88. The molecule has 7 heteroatoms. The summed E-state index contributed by atoms with van der Waals surface area (Å²) in [4.78, 5) is 20.7. The van der Waals surface area contributed by atoms with Crippen LogP contribution in [0.5, 0.6) is 0 Å². The Labute approximate surface area is 149 Å². The van der Waals surface area contributed by atoms with E-state index in [-0.39, 0.29) is 11.6 Å². The van der Waals surface area contributed by atoms with Crippen LogP contribution in [0.25, 0.3) is 0 Å². The number of nitrogens with two attached hydrogens (primary N) is 2. The minimum atomic E-state index is -0.799. The van der Waals surface area contributed by atoms with Crippen molar-refractivity contribution in [2.24, 2.45) is 5.73 Å². The second kappa shape index (κ2) is 7.32. The zero-order chi connectivity index (χ0) is 18.5. The topological polar surface area (TPSA) is 98.1 Å². The van der Waals surface area contributed by atoms with Gasteiger partial charge in [0.05, 0.1) is 16.9 Å². The molecule has 128 valence electrons. The van der Waals surface area contributed by atoms with E-state index in [0.29, 0.717) is 16.8 Å². The Morgan fingerprint density at radius 3 is 2.38 bits per heavy atom. The predicted molar refractivity (Wildman–Crippen MR) is 97.0 cm³/mol. The van der Waals surface area contributed by atoms with Gasteiger partial charge in [-0.15, -0.1) is 0 Å². The number of primary amides is 1. The first-order chi connectivity index (χ1) is 12.5. The van der Waals surface area contributed by atoms with Crippen LogP contribution in [0.15, 0.2) is 60.9 Å². The van der Waals surface area contributed by atoms with Gasteiger partial charge in [-0.3, -0.25) is 4.90 Å². The molecule has 2 aromatic carbocycles. The van der Waals surface area contributed by atoms with E-state index in [1.807, 2.05) is 0 Å². The molecule has 0 saturated heterocycles. The fourth-order valence-electron chi connectivity index (χ4n) is 2.29. The molecule has 0 radical (unpaired) electrons. The Bertz CT molecular complexity index is 1010. The van der Waals surface area contributed by atoms with Crippen molar-refractivity contribution in [1.82, 2.24) is 9.97 Å². The Morgan fingerprint density at radius 2 is 1.69 bits per heavy atom. The van der Waals surface area contributed by atoms with Crippen molar-refractivity contribution < 1.29 is 9.18 Å². The highest BCUT2D eigenvalue weighted by Crippen LogP contribution is 2.28. The molecule has 4 N–H and O–H groups in total. The van der Waals surface area contributed by atoms with Crippen LogP contribution in [0, 0.1) is 17.7 Å². The van der Waals surface area contributed by atoms with Crippen molar-refractivity contribution in [2.75, 3.05) is 10.6 Å². The molecule has 0 spiro atoms. The zero-order valence-electron chi connectivity index (χ0n) is 13.6. The predicted octanol–water partition coefficient (Wildman–Crippen LogP) is 2.81. The largest absolute Gasteiger partial charge is 0.368 e. The van der Waals surface area contributed by atoms with E-state index in [1.165, 1.54) is 30.6 Å². The highest BCUT2D eigenvalue weighted by atomic mass is 19.1. The van der Waals surface area contributed by atoms with E-state index in [9.17, 15) is 9.18 Å². The molecule has 1 heterocycles. The Hall–Kier alpha value is -3.92. The molecule has 6 nitrogen and oxygen atoms in total. The van der Waals surface area contributed by atoms with E-state index in [4.69, 9.17) is 11.5 Å². The summed E-state index contributed by atoms with van der Waals surface area (Å²) in [5.74, 6) is 5.45. The lowest BCUT2D eigenvalue weighted by atomic mass is 10.1. The number of hydrogen-bond donors (Lipinski definition) is 2. The van der Waals surface area contributed by atoms with Gasteiger partial charge in [-0.05, 0) is 30.3 Å². The Morgan fingerprint density at radius 1 is 1.00 bits per heavy atom. The third kappa shape index (κ3) is 3.76. The molecule has 0 aliphatic heterocycles. The highest BCUT2D eigenvalue weighted by Gasteiger charge is 2.18. The van der Waals surface area contributed by atoms with Gasteiger partial charge in [-0.1, -0.05) is 30.0 Å². The average Bonchev–Trinajstić information content (AvgIpc) is 2.63. The van der Waals surface area contributed by atoms with Gasteiger partial charge in [0.1, 0.15) is 5.82 Å².